The molecule has 1 atom stereocenters. The molecule has 2 aliphatic rings. The number of aliphatic hydroxyl groups is 1. The van der Waals surface area contributed by atoms with Gasteiger partial charge in [0.05, 0.1) is 18.4 Å². The van der Waals surface area contributed by atoms with Crippen molar-refractivity contribution in [1.82, 2.24) is 19.5 Å². The van der Waals surface area contributed by atoms with Gasteiger partial charge in [0, 0.05) is 51.0 Å². The number of nitrogens with zero attached hydrogens (tertiary/aromatic N) is 3. The third kappa shape index (κ3) is 5.63. The quantitative estimate of drug-likeness (QED) is 0.520. The van der Waals surface area contributed by atoms with Crippen LogP contribution in [0.5, 0.6) is 0 Å². The molecule has 32 heavy (non-hydrogen) atoms. The molecule has 0 radical (unpaired) electrons. The van der Waals surface area contributed by atoms with Crippen LogP contribution >= 0.6 is 0 Å². The van der Waals surface area contributed by atoms with Crippen LogP contribution in [0.2, 0.25) is 0 Å². The highest BCUT2D eigenvalue weighted by atomic mass is 32.2. The van der Waals surface area contributed by atoms with Crippen molar-refractivity contribution in [2.75, 3.05) is 44.3 Å². The van der Waals surface area contributed by atoms with Gasteiger partial charge in [-0.15, -0.1) is 0 Å². The Bertz CT molecular complexity index is 1070. The minimum Gasteiger partial charge on any atom is -0.390 e. The van der Waals surface area contributed by atoms with E-state index in [1.54, 1.807) is 12.1 Å². The van der Waals surface area contributed by atoms with Crippen LogP contribution < -0.4 is 10.6 Å². The lowest BCUT2D eigenvalue weighted by atomic mass is 10.00. The summed E-state index contributed by atoms with van der Waals surface area (Å²) in [4.78, 5) is 18.9. The highest BCUT2D eigenvalue weighted by Crippen LogP contribution is 2.19. The number of benzene rings is 1. The van der Waals surface area contributed by atoms with E-state index >= 15 is 0 Å². The SMILES string of the molecule is CS(=O)(=O)N1CC(Nc2cc(C(=O)NCC(O)CN3CCc4ccccc4C3)ccn2)C1. The number of sulfonamides is 1. The summed E-state index contributed by atoms with van der Waals surface area (Å²) < 4.78 is 24.3. The second kappa shape index (κ2) is 9.53. The lowest BCUT2D eigenvalue weighted by Gasteiger charge is -2.37. The molecule has 0 aliphatic carbocycles. The average molecular weight is 460 g/mol. The number of β-amino-alcohol motifs (C(OH)–C–C–N with tert-alkyl or cyclic N) is 1. The van der Waals surface area contributed by atoms with Gasteiger partial charge >= 0.3 is 0 Å². The summed E-state index contributed by atoms with van der Waals surface area (Å²) in [5.41, 5.74) is 3.08. The largest absolute Gasteiger partial charge is 0.390 e. The maximum Gasteiger partial charge on any atom is 0.251 e. The Hall–Kier alpha value is -2.53. The van der Waals surface area contributed by atoms with Crippen LogP contribution in [-0.4, -0.2) is 84.7 Å². The van der Waals surface area contributed by atoms with Gasteiger partial charge < -0.3 is 15.7 Å². The molecular formula is C22H29N5O4S. The minimum absolute atomic E-state index is 0.0352. The van der Waals surface area contributed by atoms with E-state index < -0.39 is 16.1 Å². The molecule has 9 nitrogen and oxygen atoms in total. The highest BCUT2D eigenvalue weighted by Gasteiger charge is 2.33. The molecule has 4 rings (SSSR count). The summed E-state index contributed by atoms with van der Waals surface area (Å²) in [7, 11) is -3.17. The number of nitrogens with one attached hydrogen (secondary N) is 2. The Morgan fingerprint density at radius 1 is 1.25 bits per heavy atom. The number of pyridine rings is 1. The molecule has 2 aliphatic heterocycles. The summed E-state index contributed by atoms with van der Waals surface area (Å²) >= 11 is 0. The fourth-order valence-electron chi connectivity index (χ4n) is 4.05. The van der Waals surface area contributed by atoms with Crippen LogP contribution in [0.4, 0.5) is 5.82 Å². The van der Waals surface area contributed by atoms with Gasteiger partial charge in [-0.25, -0.2) is 13.4 Å². The van der Waals surface area contributed by atoms with Crippen LogP contribution in [0.1, 0.15) is 21.5 Å². The molecule has 1 aromatic heterocycles. The number of hydrogen-bond acceptors (Lipinski definition) is 7. The normalized spacial score (nSPS) is 18.4. The molecule has 0 saturated carbocycles. The zero-order chi connectivity index (χ0) is 22.7. The summed E-state index contributed by atoms with van der Waals surface area (Å²) in [6.45, 7) is 3.11. The molecule has 1 amide bonds. The molecule has 1 aromatic carbocycles. The molecule has 2 aromatic rings. The van der Waals surface area contributed by atoms with Gasteiger partial charge in [0.25, 0.3) is 5.91 Å². The van der Waals surface area contributed by atoms with Gasteiger partial charge in [-0.2, -0.15) is 4.31 Å². The minimum atomic E-state index is -3.17. The second-order valence-electron chi connectivity index (χ2n) is 8.47. The van der Waals surface area contributed by atoms with Crippen LogP contribution in [0.25, 0.3) is 0 Å². The topological polar surface area (TPSA) is 115 Å². The average Bonchev–Trinajstić information content (AvgIpc) is 2.73. The van der Waals surface area contributed by atoms with Crippen molar-refractivity contribution >= 4 is 21.7 Å². The van der Waals surface area contributed by atoms with Crippen molar-refractivity contribution in [2.45, 2.75) is 25.1 Å². The number of aromatic nitrogens is 1. The van der Waals surface area contributed by atoms with Crippen molar-refractivity contribution in [3.05, 3.63) is 59.3 Å². The molecule has 3 N–H and O–H groups in total. The third-order valence-electron chi connectivity index (χ3n) is 5.87. The summed E-state index contributed by atoms with van der Waals surface area (Å²) in [5.74, 6) is 0.230. The number of fused-ring (bicyclic) bond motifs is 1. The fraction of sp³-hybridized carbons (Fsp3) is 0.455. The predicted octanol–water partition coefficient (Wildman–Crippen LogP) is 0.286. The Balaban J connectivity index is 1.23. The lowest BCUT2D eigenvalue weighted by Crippen LogP contribution is -2.56. The Morgan fingerprint density at radius 3 is 2.75 bits per heavy atom. The standard InChI is InChI=1S/C22H29N5O4S/c1-32(30,31)27-13-19(14-27)25-21-10-17(6-8-23-21)22(29)24-11-20(28)15-26-9-7-16-4-2-3-5-18(16)12-26/h2-6,8,10,19-20,28H,7,9,11-15H2,1H3,(H,23,25)(H,24,29). The van der Waals surface area contributed by atoms with Crippen LogP contribution in [-0.2, 0) is 23.0 Å². The molecule has 1 fully saturated rings. The number of carbonyl (C=O) groups is 1. The number of anilines is 1. The molecule has 172 valence electrons. The predicted molar refractivity (Wildman–Crippen MR) is 122 cm³/mol. The number of carbonyl (C=O) groups excluding carboxylic acids is 1. The van der Waals surface area contributed by atoms with Gasteiger partial charge in [0.2, 0.25) is 10.0 Å². The first-order valence-corrected chi connectivity index (χ1v) is 12.6. The smallest absolute Gasteiger partial charge is 0.251 e. The van der Waals surface area contributed by atoms with Crippen LogP contribution in [0, 0.1) is 0 Å². The fourth-order valence-corrected chi connectivity index (χ4v) is 4.95. The number of amides is 1. The molecule has 10 heteroatoms. The number of aliphatic hydroxyl groups excluding tert-OH is 1. The third-order valence-corrected chi connectivity index (χ3v) is 7.10. The summed E-state index contributed by atoms with van der Waals surface area (Å²) in [6, 6.07) is 11.6. The van der Waals surface area contributed by atoms with Gasteiger partial charge in [0.1, 0.15) is 5.82 Å². The molecule has 1 saturated heterocycles. The first-order chi connectivity index (χ1) is 15.3. The monoisotopic (exact) mass is 459 g/mol. The van der Waals surface area contributed by atoms with E-state index in [1.165, 1.54) is 27.9 Å². The molecule has 0 bridgehead atoms. The van der Waals surface area contributed by atoms with Crippen molar-refractivity contribution in [3.63, 3.8) is 0 Å². The van der Waals surface area contributed by atoms with Crippen molar-refractivity contribution in [3.8, 4) is 0 Å². The van der Waals surface area contributed by atoms with E-state index in [4.69, 9.17) is 0 Å². The lowest BCUT2D eigenvalue weighted by molar-refractivity contribution is 0.0842. The van der Waals surface area contributed by atoms with E-state index in [1.807, 2.05) is 6.07 Å². The van der Waals surface area contributed by atoms with Gasteiger partial charge in [-0.05, 0) is 29.7 Å². The first kappa shape index (κ1) is 22.7. The first-order valence-electron chi connectivity index (χ1n) is 10.7. The Labute approximate surface area is 188 Å². The zero-order valence-electron chi connectivity index (χ0n) is 18.1. The molecule has 1 unspecified atom stereocenters. The summed E-state index contributed by atoms with van der Waals surface area (Å²) in [5, 5.41) is 16.3. The second-order valence-corrected chi connectivity index (χ2v) is 10.5. The van der Waals surface area contributed by atoms with Crippen molar-refractivity contribution in [1.29, 1.82) is 0 Å². The Kier molecular flexibility index (Phi) is 6.75. The molecule has 3 heterocycles. The number of hydrogen-bond donors (Lipinski definition) is 3. The van der Waals surface area contributed by atoms with E-state index in [-0.39, 0.29) is 18.5 Å². The van der Waals surface area contributed by atoms with E-state index in [2.05, 4.69) is 38.7 Å². The Morgan fingerprint density at radius 2 is 2.00 bits per heavy atom. The van der Waals surface area contributed by atoms with Gasteiger partial charge in [0.15, 0.2) is 0 Å². The van der Waals surface area contributed by atoms with Crippen molar-refractivity contribution in [2.24, 2.45) is 0 Å². The zero-order valence-corrected chi connectivity index (χ0v) is 18.9. The number of rotatable bonds is 8. The van der Waals surface area contributed by atoms with Gasteiger partial charge in [-0.3, -0.25) is 9.69 Å². The molecule has 0 spiro atoms. The van der Waals surface area contributed by atoms with Crippen molar-refractivity contribution < 1.29 is 18.3 Å². The van der Waals surface area contributed by atoms with Crippen LogP contribution in [0.15, 0.2) is 42.6 Å². The van der Waals surface area contributed by atoms with E-state index in [9.17, 15) is 18.3 Å². The van der Waals surface area contributed by atoms with Gasteiger partial charge in [-0.1, -0.05) is 24.3 Å². The highest BCUT2D eigenvalue weighted by molar-refractivity contribution is 7.88. The van der Waals surface area contributed by atoms with E-state index in [0.717, 1.165) is 19.5 Å². The van der Waals surface area contributed by atoms with E-state index in [0.29, 0.717) is 31.0 Å². The maximum atomic E-state index is 12.5. The maximum absolute atomic E-state index is 12.5. The summed E-state index contributed by atoms with van der Waals surface area (Å²) in [6.07, 6.45) is 3.02. The molecular weight excluding hydrogens is 430 g/mol. The van der Waals surface area contributed by atoms with Crippen LogP contribution in [0.3, 0.4) is 0 Å².